The van der Waals surface area contributed by atoms with E-state index in [2.05, 4.69) is 10.6 Å². The summed E-state index contributed by atoms with van der Waals surface area (Å²) in [5.74, 6) is 0.00734. The Balaban J connectivity index is 1.64. The number of carbonyl (C=O) groups excluding carboxylic acids is 4. The number of ether oxygens (including phenoxy) is 2. The van der Waals surface area contributed by atoms with Gasteiger partial charge in [-0.05, 0) is 12.1 Å². The fourth-order valence-corrected chi connectivity index (χ4v) is 3.81. The summed E-state index contributed by atoms with van der Waals surface area (Å²) in [5, 5.41) is 5.47. The van der Waals surface area contributed by atoms with Crippen LogP contribution < -0.4 is 20.1 Å². The van der Waals surface area contributed by atoms with E-state index in [1.165, 1.54) is 19.1 Å². The highest BCUT2D eigenvalue weighted by atomic mass is 16.5. The number of methoxy groups -OCH3 is 2. The minimum absolute atomic E-state index is 0.141. The third-order valence-corrected chi connectivity index (χ3v) is 5.63. The maximum absolute atomic E-state index is 12.9. The number of benzene rings is 1. The minimum atomic E-state index is -0.899. The number of amides is 4. The summed E-state index contributed by atoms with van der Waals surface area (Å²) >= 11 is 0. The zero-order chi connectivity index (χ0) is 23.1. The normalized spacial score (nSPS) is 19.2. The second kappa shape index (κ2) is 10.8. The number of carbonyl (C=O) groups is 4. The SMILES string of the molecule is COc1ccc(OC)c(NC(=O)CC2C(=O)NCCN2C(=O)CN2CCN(C=O)CC2)c1. The van der Waals surface area contributed by atoms with E-state index in [0.29, 0.717) is 56.5 Å². The summed E-state index contributed by atoms with van der Waals surface area (Å²) in [5.41, 5.74) is 0.416. The lowest BCUT2D eigenvalue weighted by atomic mass is 10.1. The van der Waals surface area contributed by atoms with Crippen molar-refractivity contribution in [3.8, 4) is 11.5 Å². The molecule has 0 saturated carbocycles. The third-order valence-electron chi connectivity index (χ3n) is 5.63. The zero-order valence-electron chi connectivity index (χ0n) is 18.3. The van der Waals surface area contributed by atoms with Gasteiger partial charge < -0.3 is 29.9 Å². The second-order valence-corrected chi connectivity index (χ2v) is 7.63. The van der Waals surface area contributed by atoms with Gasteiger partial charge in [-0.3, -0.25) is 24.1 Å². The molecule has 2 N–H and O–H groups in total. The van der Waals surface area contributed by atoms with Gasteiger partial charge in [-0.15, -0.1) is 0 Å². The van der Waals surface area contributed by atoms with Crippen LogP contribution in [0, 0.1) is 0 Å². The molecule has 0 radical (unpaired) electrons. The van der Waals surface area contributed by atoms with Crippen molar-refractivity contribution in [2.24, 2.45) is 0 Å². The number of hydrogen-bond acceptors (Lipinski definition) is 7. The van der Waals surface area contributed by atoms with Crippen LogP contribution >= 0.6 is 0 Å². The van der Waals surface area contributed by atoms with Crippen molar-refractivity contribution in [3.63, 3.8) is 0 Å². The monoisotopic (exact) mass is 447 g/mol. The van der Waals surface area contributed by atoms with Crippen molar-refractivity contribution >= 4 is 29.8 Å². The van der Waals surface area contributed by atoms with Gasteiger partial charge in [0.15, 0.2) is 0 Å². The van der Waals surface area contributed by atoms with Crippen LogP contribution in [0.5, 0.6) is 11.5 Å². The summed E-state index contributed by atoms with van der Waals surface area (Å²) in [6, 6.07) is 4.10. The third kappa shape index (κ3) is 5.67. The van der Waals surface area contributed by atoms with Gasteiger partial charge >= 0.3 is 0 Å². The Hall–Kier alpha value is -3.34. The molecule has 2 aliphatic heterocycles. The average Bonchev–Trinajstić information content (AvgIpc) is 2.80. The van der Waals surface area contributed by atoms with E-state index < -0.39 is 11.9 Å². The average molecular weight is 447 g/mol. The first-order valence-corrected chi connectivity index (χ1v) is 10.5. The molecular weight excluding hydrogens is 418 g/mol. The van der Waals surface area contributed by atoms with Gasteiger partial charge in [0.05, 0.1) is 32.9 Å². The van der Waals surface area contributed by atoms with Crippen molar-refractivity contribution in [3.05, 3.63) is 18.2 Å². The standard InChI is InChI=1S/C21H29N5O6/c1-31-15-3-4-18(32-2)16(11-15)23-19(28)12-17-21(30)22-5-6-26(17)20(29)13-24-7-9-25(14-27)10-8-24/h3-4,11,14,17H,5-10,12-13H2,1-2H3,(H,22,30)(H,23,28). The van der Waals surface area contributed by atoms with Crippen molar-refractivity contribution in [2.75, 3.05) is 65.3 Å². The van der Waals surface area contributed by atoms with E-state index in [9.17, 15) is 19.2 Å². The molecule has 3 rings (SSSR count). The molecule has 1 aromatic carbocycles. The van der Waals surface area contributed by atoms with Crippen molar-refractivity contribution < 1.29 is 28.7 Å². The van der Waals surface area contributed by atoms with Crippen LogP contribution in [0.4, 0.5) is 5.69 Å². The minimum Gasteiger partial charge on any atom is -0.497 e. The lowest BCUT2D eigenvalue weighted by molar-refractivity contribution is -0.145. The van der Waals surface area contributed by atoms with Crippen molar-refractivity contribution in [1.82, 2.24) is 20.0 Å². The first-order chi connectivity index (χ1) is 15.4. The molecule has 2 fully saturated rings. The topological polar surface area (TPSA) is 121 Å². The Bertz CT molecular complexity index is 855. The van der Waals surface area contributed by atoms with Gasteiger partial charge in [0.1, 0.15) is 17.5 Å². The molecule has 1 unspecified atom stereocenters. The Kier molecular flexibility index (Phi) is 7.87. The van der Waals surface area contributed by atoms with Crippen LogP contribution in [0.3, 0.4) is 0 Å². The van der Waals surface area contributed by atoms with Gasteiger partial charge in [0, 0.05) is 45.3 Å². The van der Waals surface area contributed by atoms with Gasteiger partial charge in [0.25, 0.3) is 0 Å². The molecular formula is C21H29N5O6. The van der Waals surface area contributed by atoms with Crippen LogP contribution in [-0.2, 0) is 19.2 Å². The molecule has 4 amide bonds. The predicted octanol–water partition coefficient (Wildman–Crippen LogP) is -0.867. The molecule has 0 spiro atoms. The van der Waals surface area contributed by atoms with Gasteiger partial charge in [-0.25, -0.2) is 0 Å². The van der Waals surface area contributed by atoms with Crippen LogP contribution in [0.25, 0.3) is 0 Å². The second-order valence-electron chi connectivity index (χ2n) is 7.63. The first-order valence-electron chi connectivity index (χ1n) is 10.5. The lowest BCUT2D eigenvalue weighted by Crippen LogP contribution is -2.60. The molecule has 0 aromatic heterocycles. The van der Waals surface area contributed by atoms with Crippen LogP contribution in [0.1, 0.15) is 6.42 Å². The maximum atomic E-state index is 12.9. The molecule has 11 nitrogen and oxygen atoms in total. The highest BCUT2D eigenvalue weighted by Crippen LogP contribution is 2.29. The molecule has 2 saturated heterocycles. The summed E-state index contributed by atoms with van der Waals surface area (Å²) in [6.45, 7) is 3.11. The number of anilines is 1. The van der Waals surface area contributed by atoms with Gasteiger partial charge in [-0.1, -0.05) is 0 Å². The highest BCUT2D eigenvalue weighted by Gasteiger charge is 2.35. The van der Waals surface area contributed by atoms with Crippen LogP contribution in [0.2, 0.25) is 0 Å². The molecule has 32 heavy (non-hydrogen) atoms. The Morgan fingerprint density at radius 1 is 1.16 bits per heavy atom. The van der Waals surface area contributed by atoms with Crippen molar-refractivity contribution in [2.45, 2.75) is 12.5 Å². The number of piperazine rings is 2. The molecule has 174 valence electrons. The van der Waals surface area contributed by atoms with Gasteiger partial charge in [0.2, 0.25) is 24.1 Å². The fourth-order valence-electron chi connectivity index (χ4n) is 3.81. The summed E-state index contributed by atoms with van der Waals surface area (Å²) in [7, 11) is 3.00. The van der Waals surface area contributed by atoms with E-state index in [0.717, 1.165) is 6.41 Å². The van der Waals surface area contributed by atoms with E-state index in [4.69, 9.17) is 9.47 Å². The Morgan fingerprint density at radius 3 is 2.56 bits per heavy atom. The quantitative estimate of drug-likeness (QED) is 0.497. The highest BCUT2D eigenvalue weighted by molar-refractivity contribution is 5.98. The molecule has 11 heteroatoms. The lowest BCUT2D eigenvalue weighted by Gasteiger charge is -2.37. The first kappa shape index (κ1) is 23.3. The van der Waals surface area contributed by atoms with Crippen molar-refractivity contribution in [1.29, 1.82) is 0 Å². The molecule has 2 heterocycles. The van der Waals surface area contributed by atoms with Crippen LogP contribution in [-0.4, -0.2) is 105 Å². The molecule has 0 aliphatic carbocycles. The molecule has 0 bridgehead atoms. The van der Waals surface area contributed by atoms with E-state index >= 15 is 0 Å². The number of nitrogens with zero attached hydrogens (tertiary/aromatic N) is 3. The number of rotatable bonds is 8. The Morgan fingerprint density at radius 2 is 1.91 bits per heavy atom. The summed E-state index contributed by atoms with van der Waals surface area (Å²) in [4.78, 5) is 54.1. The van der Waals surface area contributed by atoms with E-state index in [1.807, 2.05) is 4.90 Å². The molecule has 2 aliphatic rings. The largest absolute Gasteiger partial charge is 0.497 e. The van der Waals surface area contributed by atoms with E-state index in [1.54, 1.807) is 23.1 Å². The molecule has 1 atom stereocenters. The molecule has 1 aromatic rings. The Labute approximate surface area is 186 Å². The predicted molar refractivity (Wildman–Crippen MR) is 115 cm³/mol. The zero-order valence-corrected chi connectivity index (χ0v) is 18.3. The fraction of sp³-hybridized carbons (Fsp3) is 0.524. The summed E-state index contributed by atoms with van der Waals surface area (Å²) < 4.78 is 10.5. The van der Waals surface area contributed by atoms with E-state index in [-0.39, 0.29) is 24.8 Å². The smallest absolute Gasteiger partial charge is 0.243 e. The van der Waals surface area contributed by atoms with Crippen LogP contribution in [0.15, 0.2) is 18.2 Å². The number of nitrogens with one attached hydrogen (secondary N) is 2. The summed E-state index contributed by atoms with van der Waals surface area (Å²) in [6.07, 6.45) is 0.622. The van der Waals surface area contributed by atoms with Gasteiger partial charge in [-0.2, -0.15) is 0 Å². The number of hydrogen-bond donors (Lipinski definition) is 2. The maximum Gasteiger partial charge on any atom is 0.243 e.